The van der Waals surface area contributed by atoms with Crippen molar-refractivity contribution in [1.29, 1.82) is 0 Å². The van der Waals surface area contributed by atoms with Gasteiger partial charge in [0, 0.05) is 21.2 Å². The monoisotopic (exact) mass is 380 g/mol. The molecule has 0 radical (unpaired) electrons. The largest absolute Gasteiger partial charge is 0.370 e. The van der Waals surface area contributed by atoms with Crippen LogP contribution in [-0.4, -0.2) is 16.5 Å². The fraction of sp³-hybridized carbons (Fsp3) is 0.235. The summed E-state index contributed by atoms with van der Waals surface area (Å²) in [6.45, 7) is 0.146. The highest BCUT2D eigenvalue weighted by atomic mass is 32.7. The molecule has 4 nitrogen and oxygen atoms in total. The molecule has 0 spiro atoms. The van der Waals surface area contributed by atoms with Crippen molar-refractivity contribution >= 4 is 41.4 Å². The van der Waals surface area contributed by atoms with Crippen LogP contribution in [0.1, 0.15) is 20.3 Å². The molecular weight excluding hydrogens is 359 g/mol. The molecule has 128 valence electrons. The van der Waals surface area contributed by atoms with Crippen LogP contribution in [0.5, 0.6) is 0 Å². The fourth-order valence-electron chi connectivity index (χ4n) is 1.89. The molecule has 0 aliphatic heterocycles. The molecule has 0 heterocycles. The minimum absolute atomic E-state index is 0.438. The Balaban J connectivity index is 1.97. The molecule has 0 amide bonds. The van der Waals surface area contributed by atoms with Crippen molar-refractivity contribution in [3.05, 3.63) is 54.6 Å². The molecule has 2 rings (SSSR count). The molecule has 2 N–H and O–H groups in total. The zero-order valence-electron chi connectivity index (χ0n) is 13.7. The van der Waals surface area contributed by atoms with Gasteiger partial charge in [0.05, 0.1) is 0 Å². The van der Waals surface area contributed by atoms with E-state index in [0.717, 1.165) is 28.4 Å². The zero-order chi connectivity index (χ0) is 17.4. The lowest BCUT2D eigenvalue weighted by atomic mass is 10.3. The second-order valence-electron chi connectivity index (χ2n) is 5.07. The quantitative estimate of drug-likeness (QED) is 0.355. The van der Waals surface area contributed by atoms with Gasteiger partial charge in [0.2, 0.25) is 0 Å². The smallest absolute Gasteiger partial charge is 0.344 e. The first kappa shape index (κ1) is 19.1. The molecule has 0 saturated heterocycles. The van der Waals surface area contributed by atoms with Crippen molar-refractivity contribution in [3.63, 3.8) is 0 Å². The summed E-state index contributed by atoms with van der Waals surface area (Å²) in [7, 11) is 0. The van der Waals surface area contributed by atoms with Gasteiger partial charge in [0.25, 0.3) is 0 Å². The molecule has 7 heteroatoms. The maximum Gasteiger partial charge on any atom is 0.370 e. The fourth-order valence-corrected chi connectivity index (χ4v) is 5.44. The van der Waals surface area contributed by atoms with Crippen LogP contribution in [0.2, 0.25) is 0 Å². The van der Waals surface area contributed by atoms with E-state index in [0.29, 0.717) is 11.6 Å². The number of hydrogen-bond donors (Lipinski definition) is 2. The third kappa shape index (κ3) is 6.73. The van der Waals surface area contributed by atoms with Crippen LogP contribution >= 0.6 is 29.9 Å². The van der Waals surface area contributed by atoms with Crippen LogP contribution in [0, 0.1) is 0 Å². The maximum atomic E-state index is 11.9. The predicted octanol–water partition coefficient (Wildman–Crippen LogP) is 5.91. The molecule has 1 unspecified atom stereocenters. The van der Waals surface area contributed by atoms with Gasteiger partial charge >= 0.3 is 6.72 Å². The minimum atomic E-state index is -3.52. The summed E-state index contributed by atoms with van der Waals surface area (Å²) in [5, 5.41) is 3.06. The Morgan fingerprint density at radius 1 is 1.12 bits per heavy atom. The lowest BCUT2D eigenvalue weighted by Crippen LogP contribution is -2.06. The van der Waals surface area contributed by atoms with Crippen molar-refractivity contribution in [2.24, 2.45) is 4.76 Å². The van der Waals surface area contributed by atoms with Crippen LogP contribution in [0.4, 0.5) is 5.69 Å². The standard InChI is InChI=1S/C17H21N2O2PS2/c1-3-13-23-22(20,21)19-14(2)18-15-9-11-17(12-10-15)24-16-7-5-4-6-8-16/h4-12H,3,13H2,1-2H3,(H2,18,19,20,21). The Labute approximate surface area is 151 Å². The lowest BCUT2D eigenvalue weighted by molar-refractivity contribution is 0.499. The predicted molar refractivity (Wildman–Crippen MR) is 106 cm³/mol. The first-order valence-corrected chi connectivity index (χ1v) is 11.6. The highest BCUT2D eigenvalue weighted by molar-refractivity contribution is 8.55. The minimum Gasteiger partial charge on any atom is -0.344 e. The summed E-state index contributed by atoms with van der Waals surface area (Å²) >= 11 is 2.69. The number of hydrogen-bond acceptors (Lipinski definition) is 3. The molecular formula is C17H21N2O2PS2. The Kier molecular flexibility index (Phi) is 7.43. The van der Waals surface area contributed by atoms with Crippen molar-refractivity contribution in [3.8, 4) is 0 Å². The summed E-state index contributed by atoms with van der Waals surface area (Å²) in [6, 6.07) is 18.1. The van der Waals surface area contributed by atoms with E-state index in [1.807, 2.05) is 49.4 Å². The number of rotatable bonds is 7. The Hall–Kier alpha value is -1.20. The van der Waals surface area contributed by atoms with Crippen LogP contribution in [0.15, 0.2) is 69.2 Å². The van der Waals surface area contributed by atoms with Gasteiger partial charge in [-0.3, -0.25) is 4.57 Å². The van der Waals surface area contributed by atoms with Crippen molar-refractivity contribution < 1.29 is 9.46 Å². The third-order valence-corrected chi connectivity index (χ3v) is 7.20. The summed E-state index contributed by atoms with van der Waals surface area (Å²) in [5.41, 5.74) is 0.842. The molecule has 1 atom stereocenters. The van der Waals surface area contributed by atoms with E-state index in [1.54, 1.807) is 18.7 Å². The molecule has 0 aromatic heterocycles. The molecule has 0 aliphatic rings. The number of amidine groups is 1. The zero-order valence-corrected chi connectivity index (χ0v) is 16.2. The highest BCUT2D eigenvalue weighted by Crippen LogP contribution is 2.56. The first-order chi connectivity index (χ1) is 11.5. The highest BCUT2D eigenvalue weighted by Gasteiger charge is 2.17. The van der Waals surface area contributed by atoms with Crippen molar-refractivity contribution in [2.75, 3.05) is 11.1 Å². The van der Waals surface area contributed by atoms with E-state index in [4.69, 9.17) is 0 Å². The van der Waals surface area contributed by atoms with E-state index >= 15 is 0 Å². The van der Waals surface area contributed by atoms with E-state index in [-0.39, 0.29) is 0 Å². The summed E-state index contributed by atoms with van der Waals surface area (Å²) in [5.74, 6) is 1.06. The van der Waals surface area contributed by atoms with Gasteiger partial charge in [-0.05, 0) is 61.1 Å². The van der Waals surface area contributed by atoms with Gasteiger partial charge in [-0.2, -0.15) is 4.76 Å². The molecule has 0 bridgehead atoms. The van der Waals surface area contributed by atoms with Gasteiger partial charge in [-0.1, -0.05) is 36.9 Å². The number of anilines is 1. The van der Waals surface area contributed by atoms with Crippen LogP contribution in [-0.2, 0) is 4.57 Å². The number of nitrogens with zero attached hydrogens (tertiary/aromatic N) is 1. The van der Waals surface area contributed by atoms with Gasteiger partial charge in [0.1, 0.15) is 5.84 Å². The van der Waals surface area contributed by atoms with E-state index < -0.39 is 6.72 Å². The number of nitrogens with one attached hydrogen (secondary N) is 1. The van der Waals surface area contributed by atoms with Gasteiger partial charge in [0.15, 0.2) is 0 Å². The molecule has 24 heavy (non-hydrogen) atoms. The van der Waals surface area contributed by atoms with E-state index in [2.05, 4.69) is 22.2 Å². The average Bonchev–Trinajstić information content (AvgIpc) is 2.55. The Bertz CT molecular complexity index is 721. The molecule has 0 saturated carbocycles. The SMILES string of the molecule is CCCSP(=O)(O)/N=C(\C)Nc1ccc(Sc2ccccc2)cc1. The molecule has 2 aromatic rings. The molecule has 2 aromatic carbocycles. The summed E-state index contributed by atoms with van der Waals surface area (Å²) in [4.78, 5) is 12.1. The maximum absolute atomic E-state index is 11.9. The van der Waals surface area contributed by atoms with Crippen LogP contribution in [0.25, 0.3) is 0 Å². The van der Waals surface area contributed by atoms with Crippen LogP contribution in [0.3, 0.4) is 0 Å². The Morgan fingerprint density at radius 3 is 2.38 bits per heavy atom. The molecule has 0 aliphatic carbocycles. The number of benzene rings is 2. The van der Waals surface area contributed by atoms with Crippen molar-refractivity contribution in [2.45, 2.75) is 30.1 Å². The first-order valence-electron chi connectivity index (χ1n) is 7.62. The van der Waals surface area contributed by atoms with E-state index in [9.17, 15) is 9.46 Å². The van der Waals surface area contributed by atoms with Gasteiger partial charge in [-0.15, -0.1) is 0 Å². The van der Waals surface area contributed by atoms with E-state index in [1.165, 1.54) is 4.90 Å². The second kappa shape index (κ2) is 9.33. The second-order valence-corrected chi connectivity index (χ2v) is 10.3. The normalized spacial score (nSPS) is 14.2. The van der Waals surface area contributed by atoms with Gasteiger partial charge in [-0.25, -0.2) is 0 Å². The van der Waals surface area contributed by atoms with Crippen LogP contribution < -0.4 is 5.32 Å². The average molecular weight is 380 g/mol. The third-order valence-electron chi connectivity index (χ3n) is 2.90. The van der Waals surface area contributed by atoms with Gasteiger partial charge < -0.3 is 10.2 Å². The van der Waals surface area contributed by atoms with Crippen molar-refractivity contribution in [1.82, 2.24) is 0 Å². The summed E-state index contributed by atoms with van der Waals surface area (Å²) < 4.78 is 15.8. The summed E-state index contributed by atoms with van der Waals surface area (Å²) in [6.07, 6.45) is 0.845. The molecule has 0 fully saturated rings. The Morgan fingerprint density at radius 2 is 1.75 bits per heavy atom. The lowest BCUT2D eigenvalue weighted by Gasteiger charge is -2.09. The topological polar surface area (TPSA) is 61.7 Å².